The van der Waals surface area contributed by atoms with E-state index in [9.17, 15) is 18.4 Å². The van der Waals surface area contributed by atoms with Crippen molar-refractivity contribution < 1.29 is 33.0 Å². The number of nitrogens with one attached hydrogen (secondary N) is 2. The molecule has 0 bridgehead atoms. The van der Waals surface area contributed by atoms with E-state index in [2.05, 4.69) is 9.97 Å². The number of ether oxygens (including phenoxy) is 2. The summed E-state index contributed by atoms with van der Waals surface area (Å²) in [5.41, 5.74) is 3.93. The second kappa shape index (κ2) is 11.4. The molecule has 7 nitrogen and oxygen atoms in total. The van der Waals surface area contributed by atoms with Crippen LogP contribution in [0.15, 0.2) is 85.2 Å². The third-order valence-corrected chi connectivity index (χ3v) is 6.73. The SMILES string of the molecule is COc1ccc(-c2cc3c(C(=O)O)c[nH]c3cc2F)cc1.COc1ccc(-c2cc3c(C=O)c[nH]c3cc2F)cc1. The Morgan fingerprint density at radius 2 is 1.20 bits per heavy atom. The fraction of sp³-hybridized carbons (Fsp3) is 0.0625. The van der Waals surface area contributed by atoms with Crippen molar-refractivity contribution in [3.05, 3.63) is 108 Å². The summed E-state index contributed by atoms with van der Waals surface area (Å²) in [7, 11) is 3.14. The van der Waals surface area contributed by atoms with E-state index >= 15 is 0 Å². The maximum Gasteiger partial charge on any atom is 0.337 e. The van der Waals surface area contributed by atoms with Gasteiger partial charge in [-0.3, -0.25) is 4.79 Å². The molecular weight excluding hydrogens is 530 g/mol. The highest BCUT2D eigenvalue weighted by Crippen LogP contribution is 2.31. The zero-order chi connectivity index (χ0) is 29.1. The Morgan fingerprint density at radius 1 is 0.732 bits per heavy atom. The van der Waals surface area contributed by atoms with Gasteiger partial charge in [-0.05, 0) is 59.7 Å². The number of aldehydes is 1. The van der Waals surface area contributed by atoms with E-state index < -0.39 is 11.8 Å². The number of rotatable bonds is 6. The number of aromatic carboxylic acids is 1. The standard InChI is InChI=1S/C16H12FNO3.C16H12FNO2/c1-21-10-4-2-9(3-5-10)11-6-12-13(16(19)20)8-18-15(12)7-14(11)17;1-20-12-4-2-10(3-5-12)13-6-14-11(9-19)8-18-16(14)7-15(13)17/h2-8,18H,1H3,(H,19,20);2-9,18H,1H3. The van der Waals surface area contributed by atoms with Crippen LogP contribution >= 0.6 is 0 Å². The van der Waals surface area contributed by atoms with Gasteiger partial charge in [0.05, 0.1) is 19.8 Å². The summed E-state index contributed by atoms with van der Waals surface area (Å²) in [6, 6.07) is 20.0. The van der Waals surface area contributed by atoms with Crippen LogP contribution in [0.4, 0.5) is 8.78 Å². The van der Waals surface area contributed by atoms with E-state index in [1.807, 2.05) is 0 Å². The second-order valence-corrected chi connectivity index (χ2v) is 9.08. The summed E-state index contributed by atoms with van der Waals surface area (Å²) >= 11 is 0. The summed E-state index contributed by atoms with van der Waals surface area (Å²) in [5.74, 6) is -0.402. The van der Waals surface area contributed by atoms with Crippen LogP contribution in [-0.2, 0) is 0 Å². The molecular formula is C32H24F2N2O5. The molecule has 0 aliphatic carbocycles. The molecule has 0 spiro atoms. The minimum absolute atomic E-state index is 0.125. The van der Waals surface area contributed by atoms with Gasteiger partial charge in [0.2, 0.25) is 0 Å². The van der Waals surface area contributed by atoms with Crippen molar-refractivity contribution in [1.29, 1.82) is 0 Å². The predicted molar refractivity (Wildman–Crippen MR) is 153 cm³/mol. The highest BCUT2D eigenvalue weighted by atomic mass is 19.1. The average Bonchev–Trinajstić information content (AvgIpc) is 3.60. The molecule has 0 aliphatic rings. The Balaban J connectivity index is 0.000000165. The maximum absolute atomic E-state index is 14.2. The van der Waals surface area contributed by atoms with Crippen molar-refractivity contribution in [2.24, 2.45) is 0 Å². The van der Waals surface area contributed by atoms with Crippen LogP contribution in [0.2, 0.25) is 0 Å². The van der Waals surface area contributed by atoms with Crippen LogP contribution in [0.3, 0.4) is 0 Å². The summed E-state index contributed by atoms with van der Waals surface area (Å²) < 4.78 is 38.5. The number of carboxylic acid groups (broad SMARTS) is 1. The molecule has 4 aromatic carbocycles. The topological polar surface area (TPSA) is 104 Å². The lowest BCUT2D eigenvalue weighted by Gasteiger charge is -2.06. The van der Waals surface area contributed by atoms with Crippen molar-refractivity contribution in [3.63, 3.8) is 0 Å². The third-order valence-electron chi connectivity index (χ3n) is 6.73. The van der Waals surface area contributed by atoms with E-state index in [0.717, 1.165) is 11.8 Å². The number of H-pyrrole nitrogens is 2. The highest BCUT2D eigenvalue weighted by Gasteiger charge is 2.15. The Hall–Kier alpha value is -5.44. The molecule has 0 atom stereocenters. The molecule has 2 aromatic heterocycles. The van der Waals surface area contributed by atoms with Crippen LogP contribution in [-0.4, -0.2) is 41.5 Å². The van der Waals surface area contributed by atoms with Crippen LogP contribution in [0.25, 0.3) is 44.1 Å². The van der Waals surface area contributed by atoms with Crippen molar-refractivity contribution in [2.45, 2.75) is 0 Å². The quantitative estimate of drug-likeness (QED) is 0.185. The highest BCUT2D eigenvalue weighted by molar-refractivity contribution is 6.04. The van der Waals surface area contributed by atoms with Crippen LogP contribution < -0.4 is 9.47 Å². The molecule has 0 unspecified atom stereocenters. The van der Waals surface area contributed by atoms with Gasteiger partial charge in [-0.1, -0.05) is 24.3 Å². The number of aromatic amines is 2. The number of methoxy groups -OCH3 is 2. The minimum atomic E-state index is -1.05. The van der Waals surface area contributed by atoms with Gasteiger partial charge in [0.1, 0.15) is 23.1 Å². The van der Waals surface area contributed by atoms with Gasteiger partial charge >= 0.3 is 5.97 Å². The molecule has 0 amide bonds. The molecule has 206 valence electrons. The number of carbonyl (C=O) groups is 2. The Morgan fingerprint density at radius 3 is 1.66 bits per heavy atom. The first kappa shape index (κ1) is 27.1. The van der Waals surface area contributed by atoms with Crippen molar-refractivity contribution in [1.82, 2.24) is 9.97 Å². The molecule has 0 saturated heterocycles. The normalized spacial score (nSPS) is 10.7. The van der Waals surface area contributed by atoms with E-state index in [1.165, 1.54) is 18.3 Å². The fourth-order valence-electron chi connectivity index (χ4n) is 4.57. The first-order chi connectivity index (χ1) is 19.8. The zero-order valence-corrected chi connectivity index (χ0v) is 22.0. The van der Waals surface area contributed by atoms with Crippen LogP contribution in [0.5, 0.6) is 11.5 Å². The number of benzene rings is 4. The molecule has 9 heteroatoms. The van der Waals surface area contributed by atoms with Gasteiger partial charge in [-0.15, -0.1) is 0 Å². The predicted octanol–water partition coefficient (Wildman–Crippen LogP) is 7.48. The van der Waals surface area contributed by atoms with Gasteiger partial charge in [0.15, 0.2) is 6.29 Å². The zero-order valence-electron chi connectivity index (χ0n) is 22.0. The smallest absolute Gasteiger partial charge is 0.337 e. The first-order valence-electron chi connectivity index (χ1n) is 12.4. The van der Waals surface area contributed by atoms with Crippen molar-refractivity contribution in [2.75, 3.05) is 14.2 Å². The summed E-state index contributed by atoms with van der Waals surface area (Å²) in [6.45, 7) is 0. The molecule has 0 fully saturated rings. The Labute approximate surface area is 233 Å². The first-order valence-corrected chi connectivity index (χ1v) is 12.4. The van der Waals surface area contributed by atoms with E-state index in [0.29, 0.717) is 55.6 Å². The van der Waals surface area contributed by atoms with Gasteiger partial charge in [0.25, 0.3) is 0 Å². The molecule has 6 rings (SSSR count). The van der Waals surface area contributed by atoms with Gasteiger partial charge in [-0.2, -0.15) is 0 Å². The molecule has 0 radical (unpaired) electrons. The van der Waals surface area contributed by atoms with E-state index in [1.54, 1.807) is 81.1 Å². The van der Waals surface area contributed by atoms with E-state index in [-0.39, 0.29) is 11.4 Å². The summed E-state index contributed by atoms with van der Waals surface area (Å²) in [6.07, 6.45) is 3.70. The van der Waals surface area contributed by atoms with Gasteiger partial charge in [0, 0.05) is 50.9 Å². The molecule has 6 aromatic rings. The Kier molecular flexibility index (Phi) is 7.51. The van der Waals surface area contributed by atoms with E-state index in [4.69, 9.17) is 14.6 Å². The Bertz CT molecular complexity index is 1870. The lowest BCUT2D eigenvalue weighted by Crippen LogP contribution is -1.94. The number of halogens is 2. The average molecular weight is 555 g/mol. The van der Waals surface area contributed by atoms with Gasteiger partial charge < -0.3 is 24.5 Å². The number of aromatic nitrogens is 2. The number of carbonyl (C=O) groups excluding carboxylic acids is 1. The minimum Gasteiger partial charge on any atom is -0.497 e. The molecule has 2 heterocycles. The third kappa shape index (κ3) is 5.38. The van der Waals surface area contributed by atoms with Crippen LogP contribution in [0.1, 0.15) is 20.7 Å². The number of hydrogen-bond donors (Lipinski definition) is 3. The molecule has 41 heavy (non-hydrogen) atoms. The molecule has 3 N–H and O–H groups in total. The van der Waals surface area contributed by atoms with Gasteiger partial charge in [-0.25, -0.2) is 13.6 Å². The van der Waals surface area contributed by atoms with Crippen LogP contribution in [0, 0.1) is 11.6 Å². The summed E-state index contributed by atoms with van der Waals surface area (Å²) in [5, 5.41) is 10.3. The number of carboxylic acids is 1. The lowest BCUT2D eigenvalue weighted by molar-refractivity contribution is 0.0699. The molecule has 0 aliphatic heterocycles. The maximum atomic E-state index is 14.2. The monoisotopic (exact) mass is 554 g/mol. The lowest BCUT2D eigenvalue weighted by atomic mass is 10.0. The van der Waals surface area contributed by atoms with Crippen molar-refractivity contribution >= 4 is 34.1 Å². The van der Waals surface area contributed by atoms with Crippen molar-refractivity contribution in [3.8, 4) is 33.8 Å². The number of hydrogen-bond acceptors (Lipinski definition) is 4. The fourth-order valence-corrected chi connectivity index (χ4v) is 4.57. The largest absolute Gasteiger partial charge is 0.497 e. The second-order valence-electron chi connectivity index (χ2n) is 9.08. The molecule has 0 saturated carbocycles. The number of fused-ring (bicyclic) bond motifs is 2. The summed E-state index contributed by atoms with van der Waals surface area (Å²) in [4.78, 5) is 27.8.